The number of rotatable bonds is 11. The molecular formula is C15H25N3O2S. The van der Waals surface area contributed by atoms with E-state index in [1.165, 1.54) is 0 Å². The first-order valence-electron chi connectivity index (χ1n) is 7.09. The van der Waals surface area contributed by atoms with Crippen LogP contribution < -0.4 is 10.6 Å². The minimum absolute atomic E-state index is 0.621. The third kappa shape index (κ3) is 9.20. The molecule has 6 heteroatoms. The van der Waals surface area contributed by atoms with Gasteiger partial charge in [-0.05, 0) is 12.1 Å². The van der Waals surface area contributed by atoms with Crippen molar-refractivity contribution in [2.75, 3.05) is 44.9 Å². The number of thioether (sulfide) groups is 1. The Morgan fingerprint density at radius 1 is 1.48 bits per heavy atom. The molecule has 21 heavy (non-hydrogen) atoms. The van der Waals surface area contributed by atoms with Gasteiger partial charge >= 0.3 is 0 Å². The molecular weight excluding hydrogens is 286 g/mol. The molecule has 1 rings (SSSR count). The maximum Gasteiger partial charge on any atom is 0.191 e. The molecule has 0 atom stereocenters. The molecule has 1 aromatic rings. The average molecular weight is 311 g/mol. The van der Waals surface area contributed by atoms with Crippen LogP contribution in [0.4, 0.5) is 0 Å². The van der Waals surface area contributed by atoms with Crippen molar-refractivity contribution in [2.45, 2.75) is 6.42 Å². The molecule has 0 bridgehead atoms. The Labute approximate surface area is 131 Å². The summed E-state index contributed by atoms with van der Waals surface area (Å²) in [6.45, 7) is 6.63. The standard InChI is InChI=1S/C15H25N3O2S/c1-3-12-21-13-9-18-15(17-8-11-19-2)16-7-6-14-5-4-10-20-14/h3-5,10H,1,6-9,11-13H2,2H3,(H2,16,17,18). The van der Waals surface area contributed by atoms with E-state index in [0.717, 1.165) is 42.7 Å². The van der Waals surface area contributed by atoms with Crippen molar-refractivity contribution in [1.82, 2.24) is 10.6 Å². The smallest absolute Gasteiger partial charge is 0.191 e. The fourth-order valence-corrected chi connectivity index (χ4v) is 2.17. The fourth-order valence-electron chi connectivity index (χ4n) is 1.59. The van der Waals surface area contributed by atoms with Crippen LogP contribution in [0.15, 0.2) is 40.5 Å². The first-order chi connectivity index (χ1) is 10.4. The van der Waals surface area contributed by atoms with Gasteiger partial charge in [0.1, 0.15) is 5.76 Å². The zero-order valence-corrected chi connectivity index (χ0v) is 13.5. The largest absolute Gasteiger partial charge is 0.469 e. The molecule has 0 aliphatic heterocycles. The van der Waals surface area contributed by atoms with E-state index < -0.39 is 0 Å². The van der Waals surface area contributed by atoms with E-state index in [1.54, 1.807) is 13.4 Å². The quantitative estimate of drug-likeness (QED) is 0.283. The summed E-state index contributed by atoms with van der Waals surface area (Å²) in [6, 6.07) is 3.88. The summed E-state index contributed by atoms with van der Waals surface area (Å²) >= 11 is 1.84. The molecule has 0 fully saturated rings. The zero-order valence-electron chi connectivity index (χ0n) is 12.6. The number of hydrogen-bond donors (Lipinski definition) is 2. The van der Waals surface area contributed by atoms with E-state index in [2.05, 4.69) is 22.2 Å². The highest BCUT2D eigenvalue weighted by Gasteiger charge is 2.00. The van der Waals surface area contributed by atoms with Crippen LogP contribution in [-0.4, -0.2) is 50.8 Å². The molecule has 1 heterocycles. The van der Waals surface area contributed by atoms with Gasteiger partial charge in [0.05, 0.1) is 19.4 Å². The Hall–Kier alpha value is -1.40. The number of aliphatic imine (C=N–C) groups is 1. The van der Waals surface area contributed by atoms with Crippen molar-refractivity contribution >= 4 is 17.7 Å². The summed E-state index contributed by atoms with van der Waals surface area (Å²) < 4.78 is 10.3. The lowest BCUT2D eigenvalue weighted by atomic mass is 10.3. The van der Waals surface area contributed by atoms with Gasteiger partial charge in [0.25, 0.3) is 0 Å². The number of hydrogen-bond acceptors (Lipinski definition) is 4. The monoisotopic (exact) mass is 311 g/mol. The Kier molecular flexibility index (Phi) is 10.4. The van der Waals surface area contributed by atoms with Crippen LogP contribution in [0.2, 0.25) is 0 Å². The lowest BCUT2D eigenvalue weighted by Gasteiger charge is -2.12. The van der Waals surface area contributed by atoms with Gasteiger partial charge in [-0.3, -0.25) is 4.99 Å². The second kappa shape index (κ2) is 12.3. The van der Waals surface area contributed by atoms with Crippen molar-refractivity contribution in [2.24, 2.45) is 4.99 Å². The second-order valence-electron chi connectivity index (χ2n) is 4.27. The molecule has 0 radical (unpaired) electrons. The van der Waals surface area contributed by atoms with E-state index >= 15 is 0 Å². The van der Waals surface area contributed by atoms with Crippen molar-refractivity contribution in [3.63, 3.8) is 0 Å². The molecule has 5 nitrogen and oxygen atoms in total. The zero-order chi connectivity index (χ0) is 15.2. The number of methoxy groups -OCH3 is 1. The highest BCUT2D eigenvalue weighted by Crippen LogP contribution is 1.99. The van der Waals surface area contributed by atoms with Gasteiger partial charge in [0.15, 0.2) is 5.96 Å². The summed E-state index contributed by atoms with van der Waals surface area (Å²) in [5, 5.41) is 6.62. The first kappa shape index (κ1) is 17.7. The Bertz CT molecular complexity index is 394. The molecule has 2 N–H and O–H groups in total. The minimum atomic E-state index is 0.621. The Balaban J connectivity index is 2.25. The molecule has 0 saturated heterocycles. The molecule has 0 saturated carbocycles. The van der Waals surface area contributed by atoms with Gasteiger partial charge in [-0.1, -0.05) is 6.08 Å². The number of guanidine groups is 1. The topological polar surface area (TPSA) is 58.8 Å². The van der Waals surface area contributed by atoms with E-state index in [0.29, 0.717) is 13.2 Å². The molecule has 0 amide bonds. The second-order valence-corrected chi connectivity index (χ2v) is 5.42. The minimum Gasteiger partial charge on any atom is -0.469 e. The van der Waals surface area contributed by atoms with Gasteiger partial charge in [-0.25, -0.2) is 0 Å². The number of furan rings is 1. The van der Waals surface area contributed by atoms with Gasteiger partial charge < -0.3 is 19.8 Å². The maximum atomic E-state index is 5.31. The molecule has 118 valence electrons. The van der Waals surface area contributed by atoms with Gasteiger partial charge in [-0.2, -0.15) is 11.8 Å². The molecule has 0 aliphatic rings. The molecule has 0 aliphatic carbocycles. The SMILES string of the molecule is C=CCSCCNC(=NCCOC)NCCc1ccco1. The van der Waals surface area contributed by atoms with Crippen LogP contribution >= 0.6 is 11.8 Å². The van der Waals surface area contributed by atoms with Crippen LogP contribution in [0.25, 0.3) is 0 Å². The van der Waals surface area contributed by atoms with Gasteiger partial charge in [-0.15, -0.1) is 6.58 Å². The first-order valence-corrected chi connectivity index (χ1v) is 8.24. The highest BCUT2D eigenvalue weighted by atomic mass is 32.2. The molecule has 1 aromatic heterocycles. The van der Waals surface area contributed by atoms with Crippen molar-refractivity contribution in [3.05, 3.63) is 36.8 Å². The van der Waals surface area contributed by atoms with Crippen molar-refractivity contribution in [1.29, 1.82) is 0 Å². The normalized spacial score (nSPS) is 11.4. The molecule has 0 unspecified atom stereocenters. The van der Waals surface area contributed by atoms with Crippen LogP contribution in [-0.2, 0) is 11.2 Å². The Morgan fingerprint density at radius 2 is 2.33 bits per heavy atom. The summed E-state index contributed by atoms with van der Waals surface area (Å²) in [6.07, 6.45) is 4.45. The third-order valence-corrected chi connectivity index (χ3v) is 3.55. The summed E-state index contributed by atoms with van der Waals surface area (Å²) in [5.74, 6) is 3.79. The maximum absolute atomic E-state index is 5.31. The van der Waals surface area contributed by atoms with Crippen molar-refractivity contribution < 1.29 is 9.15 Å². The lowest BCUT2D eigenvalue weighted by Crippen LogP contribution is -2.39. The van der Waals surface area contributed by atoms with Crippen LogP contribution in [0.1, 0.15) is 5.76 Å². The number of nitrogens with one attached hydrogen (secondary N) is 2. The van der Waals surface area contributed by atoms with E-state index in [1.807, 2.05) is 30.0 Å². The van der Waals surface area contributed by atoms with Crippen LogP contribution in [0.3, 0.4) is 0 Å². The van der Waals surface area contributed by atoms with Crippen molar-refractivity contribution in [3.8, 4) is 0 Å². The third-order valence-electron chi connectivity index (χ3n) is 2.58. The van der Waals surface area contributed by atoms with E-state index in [-0.39, 0.29) is 0 Å². The van der Waals surface area contributed by atoms with Gasteiger partial charge in [0.2, 0.25) is 0 Å². The molecule has 0 aromatic carbocycles. The summed E-state index contributed by atoms with van der Waals surface area (Å²) in [5.41, 5.74) is 0. The predicted molar refractivity (Wildman–Crippen MR) is 90.1 cm³/mol. The Morgan fingerprint density at radius 3 is 3.05 bits per heavy atom. The number of ether oxygens (including phenoxy) is 1. The highest BCUT2D eigenvalue weighted by molar-refractivity contribution is 7.99. The lowest BCUT2D eigenvalue weighted by molar-refractivity contribution is 0.208. The summed E-state index contributed by atoms with van der Waals surface area (Å²) in [4.78, 5) is 4.46. The van der Waals surface area contributed by atoms with E-state index in [4.69, 9.17) is 9.15 Å². The molecule has 0 spiro atoms. The van der Waals surface area contributed by atoms with E-state index in [9.17, 15) is 0 Å². The summed E-state index contributed by atoms with van der Waals surface area (Å²) in [7, 11) is 1.68. The van der Waals surface area contributed by atoms with Gasteiger partial charge in [0, 0.05) is 38.1 Å². The fraction of sp³-hybridized carbons (Fsp3) is 0.533. The number of nitrogens with zero attached hydrogens (tertiary/aromatic N) is 1. The van der Waals surface area contributed by atoms with Crippen LogP contribution in [0, 0.1) is 0 Å². The predicted octanol–water partition coefficient (Wildman–Crippen LogP) is 1.92. The average Bonchev–Trinajstić information content (AvgIpc) is 3.00. The van der Waals surface area contributed by atoms with Crippen LogP contribution in [0.5, 0.6) is 0 Å².